The summed E-state index contributed by atoms with van der Waals surface area (Å²) in [7, 11) is -1.29. The molecule has 9 heteroatoms. The first-order valence-electron chi connectivity index (χ1n) is 10.1. The fourth-order valence-electron chi connectivity index (χ4n) is 3.80. The van der Waals surface area contributed by atoms with Gasteiger partial charge in [0.15, 0.2) is 21.8 Å². The molecule has 1 aromatic heterocycles. The quantitative estimate of drug-likeness (QED) is 0.589. The molecule has 8 nitrogen and oxygen atoms in total. The average Bonchev–Trinajstić information content (AvgIpc) is 3.11. The number of tetrazole rings is 1. The Hall–Kier alpha value is -1.84. The molecule has 0 radical (unpaired) electrons. The lowest BCUT2D eigenvalue weighted by Gasteiger charge is -2.32. The van der Waals surface area contributed by atoms with Crippen LogP contribution < -0.4 is 9.80 Å². The molecule has 1 aliphatic heterocycles. The molecule has 0 aliphatic carbocycles. The van der Waals surface area contributed by atoms with Crippen LogP contribution in [0.2, 0.25) is 0 Å². The minimum absolute atomic E-state index is 0.135. The Morgan fingerprint density at radius 2 is 1.82 bits per heavy atom. The number of aryl methyl sites for hydroxylation is 1. The summed E-state index contributed by atoms with van der Waals surface area (Å²) in [6.07, 6.45) is 3.14. The zero-order valence-corrected chi connectivity index (χ0v) is 17.9. The Morgan fingerprint density at radius 3 is 2.46 bits per heavy atom. The third-order valence-corrected chi connectivity index (χ3v) is 7.20. The van der Waals surface area contributed by atoms with Crippen molar-refractivity contribution in [3.05, 3.63) is 35.7 Å². The number of aromatic nitrogens is 4. The van der Waals surface area contributed by atoms with Gasteiger partial charge in [-0.25, -0.2) is 13.1 Å². The lowest BCUT2D eigenvalue weighted by Crippen LogP contribution is -3.27. The van der Waals surface area contributed by atoms with Crippen molar-refractivity contribution in [2.45, 2.75) is 49.9 Å². The summed E-state index contributed by atoms with van der Waals surface area (Å²) >= 11 is 0. The number of nitrogens with one attached hydrogen (secondary N) is 2. The first-order valence-corrected chi connectivity index (χ1v) is 11.8. The molecule has 0 saturated carbocycles. The number of likely N-dealkylation sites (N-methyl/N-ethyl adjacent to an activating group) is 1. The van der Waals surface area contributed by atoms with Crippen molar-refractivity contribution in [3.8, 4) is 0 Å². The predicted molar refractivity (Wildman–Crippen MR) is 106 cm³/mol. The van der Waals surface area contributed by atoms with E-state index >= 15 is 0 Å². The second-order valence-electron chi connectivity index (χ2n) is 7.90. The van der Waals surface area contributed by atoms with Gasteiger partial charge in [-0.15, -0.1) is 5.10 Å². The van der Waals surface area contributed by atoms with Crippen molar-refractivity contribution in [1.82, 2.24) is 20.2 Å². The molecule has 28 heavy (non-hydrogen) atoms. The van der Waals surface area contributed by atoms with Crippen LogP contribution in [-0.2, 0) is 15.7 Å². The van der Waals surface area contributed by atoms with E-state index in [-0.39, 0.29) is 11.9 Å². The van der Waals surface area contributed by atoms with Crippen molar-refractivity contribution in [2.75, 3.05) is 33.2 Å². The molecule has 0 unspecified atom stereocenters. The Morgan fingerprint density at radius 1 is 1.14 bits per heavy atom. The van der Waals surface area contributed by atoms with Crippen molar-refractivity contribution in [3.63, 3.8) is 0 Å². The number of nitrogens with zero attached hydrogens (tertiary/aromatic N) is 4. The molecule has 1 fully saturated rings. The average molecular weight is 409 g/mol. The third-order valence-electron chi connectivity index (χ3n) is 5.63. The smallest absolute Gasteiger partial charge is 0.210 e. The number of sulfone groups is 1. The van der Waals surface area contributed by atoms with E-state index in [0.717, 1.165) is 51.0 Å². The van der Waals surface area contributed by atoms with Crippen LogP contribution in [0.1, 0.15) is 43.6 Å². The third kappa shape index (κ3) is 4.95. The second-order valence-corrected chi connectivity index (χ2v) is 9.86. The lowest BCUT2D eigenvalue weighted by atomic mass is 10.1. The van der Waals surface area contributed by atoms with Gasteiger partial charge in [0, 0.05) is 6.42 Å². The van der Waals surface area contributed by atoms with Gasteiger partial charge in [0.1, 0.15) is 26.2 Å². The number of piperazine rings is 1. The van der Waals surface area contributed by atoms with E-state index in [9.17, 15) is 8.42 Å². The summed E-state index contributed by atoms with van der Waals surface area (Å²) in [5.74, 6) is 0.470. The number of hydrogen-bond acceptors (Lipinski definition) is 5. The standard InChI is InChI=1S/C19H30N6O2S/c1-4-5-6-18(24-13-11-23(3)12-14-24)19-20-21-22-25(19)15-28(26,27)17-9-7-16(2)8-10-17/h7-10,18H,4-6,11-15H2,1-3H3/p+2/t18-/m0/s1. The van der Waals surface area contributed by atoms with E-state index in [2.05, 4.69) is 29.5 Å². The van der Waals surface area contributed by atoms with Gasteiger partial charge in [0.25, 0.3) is 0 Å². The van der Waals surface area contributed by atoms with E-state index in [4.69, 9.17) is 0 Å². The largest absolute Gasteiger partial charge is 0.328 e. The fourth-order valence-corrected chi connectivity index (χ4v) is 5.01. The molecule has 1 aliphatic rings. The van der Waals surface area contributed by atoms with Crippen LogP contribution in [0.25, 0.3) is 0 Å². The molecule has 1 aromatic carbocycles. The first-order chi connectivity index (χ1) is 13.4. The van der Waals surface area contributed by atoms with Crippen LogP contribution >= 0.6 is 0 Å². The van der Waals surface area contributed by atoms with E-state index in [0.29, 0.717) is 10.7 Å². The Labute approximate surface area is 167 Å². The highest BCUT2D eigenvalue weighted by Gasteiger charge is 2.33. The van der Waals surface area contributed by atoms with Gasteiger partial charge in [-0.3, -0.25) is 0 Å². The normalized spacial score (nSPS) is 21.5. The molecule has 0 bridgehead atoms. The highest BCUT2D eigenvalue weighted by molar-refractivity contribution is 7.90. The topological polar surface area (TPSA) is 86.6 Å². The SMILES string of the molecule is CCCC[C@@H](c1nnnn1CS(=O)(=O)c1ccc(C)cc1)[NH+]1CC[NH+](C)CC1. The predicted octanol–water partition coefficient (Wildman–Crippen LogP) is -0.943. The number of benzene rings is 1. The minimum Gasteiger partial charge on any atom is -0.328 e. The van der Waals surface area contributed by atoms with Gasteiger partial charge >= 0.3 is 0 Å². The Kier molecular flexibility index (Phi) is 6.79. The molecular weight excluding hydrogens is 376 g/mol. The maximum absolute atomic E-state index is 12.9. The fraction of sp³-hybridized carbons (Fsp3) is 0.632. The molecule has 3 rings (SSSR count). The summed E-state index contributed by atoms with van der Waals surface area (Å²) in [6.45, 7) is 8.44. The van der Waals surface area contributed by atoms with Crippen LogP contribution in [0.3, 0.4) is 0 Å². The molecular formula is C19H32N6O2S+2. The van der Waals surface area contributed by atoms with Crippen molar-refractivity contribution >= 4 is 9.84 Å². The number of unbranched alkanes of at least 4 members (excludes halogenated alkanes) is 1. The van der Waals surface area contributed by atoms with Crippen LogP contribution in [0, 0.1) is 6.92 Å². The number of hydrogen-bond donors (Lipinski definition) is 2. The molecule has 1 atom stereocenters. The van der Waals surface area contributed by atoms with Gasteiger partial charge in [0.2, 0.25) is 5.82 Å². The summed E-state index contributed by atoms with van der Waals surface area (Å²) in [6, 6.07) is 7.06. The maximum Gasteiger partial charge on any atom is 0.210 e. The van der Waals surface area contributed by atoms with E-state index < -0.39 is 9.84 Å². The van der Waals surface area contributed by atoms with Crippen molar-refractivity contribution in [1.29, 1.82) is 0 Å². The van der Waals surface area contributed by atoms with Crippen LogP contribution in [0.15, 0.2) is 29.2 Å². The molecule has 0 amide bonds. The van der Waals surface area contributed by atoms with E-state index in [1.807, 2.05) is 19.1 Å². The second kappa shape index (κ2) is 9.11. The van der Waals surface area contributed by atoms with Crippen molar-refractivity contribution < 1.29 is 18.2 Å². The first kappa shape index (κ1) is 20.9. The van der Waals surface area contributed by atoms with Crippen molar-refractivity contribution in [2.24, 2.45) is 0 Å². The molecule has 0 spiro atoms. The maximum atomic E-state index is 12.9. The Bertz CT molecular complexity index is 857. The molecule has 1 saturated heterocycles. The van der Waals surface area contributed by atoms with Gasteiger partial charge in [0.05, 0.1) is 11.9 Å². The zero-order chi connectivity index (χ0) is 20.1. The minimum atomic E-state index is -3.51. The summed E-state index contributed by atoms with van der Waals surface area (Å²) in [4.78, 5) is 3.31. The zero-order valence-electron chi connectivity index (χ0n) is 17.1. The van der Waals surface area contributed by atoms with E-state index in [1.54, 1.807) is 17.0 Å². The number of rotatable bonds is 8. The summed E-state index contributed by atoms with van der Waals surface area (Å²) in [5.41, 5.74) is 1.03. The number of quaternary nitrogens is 2. The molecule has 2 heterocycles. The molecule has 2 aromatic rings. The van der Waals surface area contributed by atoms with E-state index in [1.165, 1.54) is 9.58 Å². The lowest BCUT2D eigenvalue weighted by molar-refractivity contribution is -1.02. The highest BCUT2D eigenvalue weighted by Crippen LogP contribution is 2.18. The monoisotopic (exact) mass is 408 g/mol. The van der Waals surface area contributed by atoms with Gasteiger partial charge in [-0.05, 0) is 35.9 Å². The summed E-state index contributed by atoms with van der Waals surface area (Å²) in [5, 5.41) is 12.1. The van der Waals surface area contributed by atoms with Gasteiger partial charge in [-0.2, -0.15) is 0 Å². The summed E-state index contributed by atoms with van der Waals surface area (Å²) < 4.78 is 27.3. The van der Waals surface area contributed by atoms with Crippen LogP contribution in [0.4, 0.5) is 0 Å². The van der Waals surface area contributed by atoms with Crippen LogP contribution in [-0.4, -0.2) is 61.9 Å². The molecule has 2 N–H and O–H groups in total. The Balaban J connectivity index is 1.84. The molecule has 154 valence electrons. The van der Waals surface area contributed by atoms with Gasteiger partial charge in [-0.1, -0.05) is 31.0 Å². The van der Waals surface area contributed by atoms with Crippen LogP contribution in [0.5, 0.6) is 0 Å². The highest BCUT2D eigenvalue weighted by atomic mass is 32.2. The van der Waals surface area contributed by atoms with Gasteiger partial charge < -0.3 is 9.80 Å².